The predicted octanol–water partition coefficient (Wildman–Crippen LogP) is 3.34. The largest absolute Gasteiger partial charge is 0.453 e. The molecule has 0 amide bonds. The molecule has 23 heavy (non-hydrogen) atoms. The highest BCUT2D eigenvalue weighted by Gasteiger charge is 2.15. The summed E-state index contributed by atoms with van der Waals surface area (Å²) in [5.74, 6) is 0.515. The van der Waals surface area contributed by atoms with Gasteiger partial charge in [-0.2, -0.15) is 0 Å². The second kappa shape index (κ2) is 5.18. The van der Waals surface area contributed by atoms with Crippen molar-refractivity contribution in [3.05, 3.63) is 64.3 Å². The molecular formula is C19H16N2O2. The molecule has 0 saturated carbocycles. The minimum atomic E-state index is -0.0495. The van der Waals surface area contributed by atoms with Gasteiger partial charge in [-0.25, -0.2) is 4.98 Å². The van der Waals surface area contributed by atoms with Gasteiger partial charge < -0.3 is 10.2 Å². The molecule has 0 radical (unpaired) electrons. The van der Waals surface area contributed by atoms with E-state index in [0.29, 0.717) is 22.4 Å². The van der Waals surface area contributed by atoms with E-state index in [2.05, 4.69) is 0 Å². The number of fused-ring (bicyclic) bond motifs is 4. The Balaban J connectivity index is 2.04. The van der Waals surface area contributed by atoms with E-state index >= 15 is 0 Å². The van der Waals surface area contributed by atoms with Crippen molar-refractivity contribution >= 4 is 21.9 Å². The number of nitrogens with two attached hydrogens (primary N) is 1. The van der Waals surface area contributed by atoms with Crippen molar-refractivity contribution in [2.24, 2.45) is 5.73 Å². The van der Waals surface area contributed by atoms with Crippen molar-refractivity contribution in [2.45, 2.75) is 19.4 Å². The topological polar surface area (TPSA) is 69.1 Å². The number of aromatic nitrogens is 1. The molecule has 0 saturated heterocycles. The molecule has 2 N–H and O–H groups in total. The fraction of sp³-hybridized carbons (Fsp3) is 0.158. The maximum atomic E-state index is 12.2. The third kappa shape index (κ3) is 2.37. The molecule has 1 aliphatic heterocycles. The number of nitrogens with zero attached hydrogens (tertiary/aromatic N) is 1. The van der Waals surface area contributed by atoms with E-state index in [0.717, 1.165) is 22.9 Å². The summed E-state index contributed by atoms with van der Waals surface area (Å²) in [6, 6.07) is 15.0. The Labute approximate surface area is 132 Å². The van der Waals surface area contributed by atoms with Gasteiger partial charge in [-0.3, -0.25) is 4.79 Å². The van der Waals surface area contributed by atoms with Gasteiger partial charge in [0.15, 0.2) is 16.8 Å². The Morgan fingerprint density at radius 2 is 1.91 bits per heavy atom. The Bertz CT molecular complexity index is 1050. The molecule has 0 bridgehead atoms. The Kier molecular flexibility index (Phi) is 3.13. The average molecular weight is 304 g/mol. The van der Waals surface area contributed by atoms with Gasteiger partial charge in [0.25, 0.3) is 0 Å². The van der Waals surface area contributed by atoms with E-state index in [1.165, 1.54) is 6.07 Å². The van der Waals surface area contributed by atoms with Crippen LogP contribution in [0.5, 0.6) is 0 Å². The Hall–Kier alpha value is -2.72. The standard InChI is InChI=1S/C19H16N2O2/c1-11(20)8-12-6-7-17-15(9-12)21-19-14-5-3-2-4-13(14)16(22)10-18(19)23-17/h2-7,9-11H,8,20H2,1H3. The van der Waals surface area contributed by atoms with Crippen LogP contribution < -0.4 is 11.2 Å². The highest BCUT2D eigenvalue weighted by Crippen LogP contribution is 2.30. The van der Waals surface area contributed by atoms with Crippen molar-refractivity contribution in [1.29, 1.82) is 0 Å². The SMILES string of the molecule is CC(N)Cc1ccc2oc3cc(=O)c4ccccc4c-3nc2c1. The van der Waals surface area contributed by atoms with Gasteiger partial charge in [-0.15, -0.1) is 0 Å². The van der Waals surface area contributed by atoms with Gasteiger partial charge in [0.05, 0.1) is 0 Å². The molecule has 0 fully saturated rings. The monoisotopic (exact) mass is 304 g/mol. The zero-order valence-corrected chi connectivity index (χ0v) is 12.7. The molecule has 1 aliphatic carbocycles. The number of hydrogen-bond donors (Lipinski definition) is 1. The molecule has 1 atom stereocenters. The summed E-state index contributed by atoms with van der Waals surface area (Å²) in [6.45, 7) is 1.98. The van der Waals surface area contributed by atoms with E-state index < -0.39 is 0 Å². The van der Waals surface area contributed by atoms with Crippen molar-refractivity contribution < 1.29 is 4.42 Å². The van der Waals surface area contributed by atoms with Crippen LogP contribution in [0.2, 0.25) is 0 Å². The van der Waals surface area contributed by atoms with Gasteiger partial charge in [0.2, 0.25) is 0 Å². The summed E-state index contributed by atoms with van der Waals surface area (Å²) in [6.07, 6.45) is 0.788. The van der Waals surface area contributed by atoms with Crippen LogP contribution in [0.25, 0.3) is 33.3 Å². The van der Waals surface area contributed by atoms with E-state index in [9.17, 15) is 4.79 Å². The van der Waals surface area contributed by atoms with E-state index in [4.69, 9.17) is 15.1 Å². The zero-order chi connectivity index (χ0) is 16.0. The van der Waals surface area contributed by atoms with Crippen LogP contribution in [0.1, 0.15) is 12.5 Å². The molecule has 0 spiro atoms. The summed E-state index contributed by atoms with van der Waals surface area (Å²) in [5.41, 5.74) is 9.10. The van der Waals surface area contributed by atoms with Crippen molar-refractivity contribution in [1.82, 2.24) is 4.98 Å². The minimum absolute atomic E-state index is 0.0495. The average Bonchev–Trinajstić information content (AvgIpc) is 2.53. The highest BCUT2D eigenvalue weighted by atomic mass is 16.3. The van der Waals surface area contributed by atoms with Crippen molar-refractivity contribution in [3.8, 4) is 11.5 Å². The lowest BCUT2D eigenvalue weighted by atomic mass is 10.0. The normalized spacial score (nSPS) is 13.0. The minimum Gasteiger partial charge on any atom is -0.453 e. The van der Waals surface area contributed by atoms with Gasteiger partial charge in [-0.1, -0.05) is 30.3 Å². The molecule has 1 heterocycles. The molecule has 1 unspecified atom stereocenters. The van der Waals surface area contributed by atoms with Gasteiger partial charge in [0.1, 0.15) is 11.2 Å². The van der Waals surface area contributed by atoms with Gasteiger partial charge in [-0.05, 0) is 31.0 Å². The Morgan fingerprint density at radius 1 is 1.13 bits per heavy atom. The summed E-state index contributed by atoms with van der Waals surface area (Å²) < 4.78 is 5.90. The first kappa shape index (κ1) is 13.9. The van der Waals surface area contributed by atoms with Crippen LogP contribution in [0.15, 0.2) is 57.7 Å². The molecule has 4 heteroatoms. The second-order valence-corrected chi connectivity index (χ2v) is 5.96. The van der Waals surface area contributed by atoms with Crippen molar-refractivity contribution in [3.63, 3.8) is 0 Å². The first-order valence-corrected chi connectivity index (χ1v) is 7.62. The quantitative estimate of drug-likeness (QED) is 0.455. The molecule has 2 aromatic carbocycles. The maximum absolute atomic E-state index is 12.2. The van der Waals surface area contributed by atoms with Crippen LogP contribution in [0.4, 0.5) is 0 Å². The molecule has 2 aliphatic rings. The molecule has 4 nitrogen and oxygen atoms in total. The summed E-state index contributed by atoms with van der Waals surface area (Å²) in [4.78, 5) is 16.9. The van der Waals surface area contributed by atoms with Crippen molar-refractivity contribution in [2.75, 3.05) is 0 Å². The fourth-order valence-electron chi connectivity index (χ4n) is 2.97. The first-order chi connectivity index (χ1) is 11.1. The molecular weight excluding hydrogens is 288 g/mol. The number of hydrogen-bond acceptors (Lipinski definition) is 4. The van der Waals surface area contributed by atoms with Crippen LogP contribution in [0, 0.1) is 0 Å². The predicted molar refractivity (Wildman–Crippen MR) is 91.8 cm³/mol. The number of rotatable bonds is 2. The molecule has 0 aromatic heterocycles. The van der Waals surface area contributed by atoms with Gasteiger partial charge in [0, 0.05) is 22.9 Å². The second-order valence-electron chi connectivity index (χ2n) is 5.96. The van der Waals surface area contributed by atoms with Crippen LogP contribution in [-0.2, 0) is 6.42 Å². The molecule has 4 rings (SSSR count). The smallest absolute Gasteiger partial charge is 0.190 e. The lowest BCUT2D eigenvalue weighted by Gasteiger charge is -2.10. The Morgan fingerprint density at radius 3 is 2.70 bits per heavy atom. The third-order valence-electron chi connectivity index (χ3n) is 3.98. The van der Waals surface area contributed by atoms with E-state index in [1.54, 1.807) is 0 Å². The summed E-state index contributed by atoms with van der Waals surface area (Å²) >= 11 is 0. The first-order valence-electron chi connectivity index (χ1n) is 7.62. The zero-order valence-electron chi connectivity index (χ0n) is 12.7. The highest BCUT2D eigenvalue weighted by molar-refractivity contribution is 5.96. The molecule has 114 valence electrons. The third-order valence-corrected chi connectivity index (χ3v) is 3.98. The lowest BCUT2D eigenvalue weighted by Crippen LogP contribution is -2.17. The maximum Gasteiger partial charge on any atom is 0.190 e. The van der Waals surface area contributed by atoms with Crippen LogP contribution in [-0.4, -0.2) is 11.0 Å². The summed E-state index contributed by atoms with van der Waals surface area (Å²) in [5, 5.41) is 1.48. The van der Waals surface area contributed by atoms with E-state index in [-0.39, 0.29) is 11.5 Å². The number of benzene rings is 3. The van der Waals surface area contributed by atoms with Crippen LogP contribution >= 0.6 is 0 Å². The van der Waals surface area contributed by atoms with Crippen LogP contribution in [0.3, 0.4) is 0 Å². The summed E-state index contributed by atoms with van der Waals surface area (Å²) in [7, 11) is 0. The van der Waals surface area contributed by atoms with E-state index in [1.807, 2.05) is 49.4 Å². The molecule has 2 aromatic rings. The lowest BCUT2D eigenvalue weighted by molar-refractivity contribution is 0.613. The fourth-order valence-corrected chi connectivity index (χ4v) is 2.97. The van der Waals surface area contributed by atoms with Gasteiger partial charge >= 0.3 is 0 Å².